The zero-order valence-corrected chi connectivity index (χ0v) is 20.8. The molecule has 0 aliphatic heterocycles. The van der Waals surface area contributed by atoms with E-state index in [0.717, 1.165) is 22.3 Å². The molecular weight excluding hydrogens is 478 g/mol. The van der Waals surface area contributed by atoms with Crippen LogP contribution < -0.4 is 0 Å². The van der Waals surface area contributed by atoms with Crippen molar-refractivity contribution in [3.63, 3.8) is 0 Å². The van der Waals surface area contributed by atoms with Crippen LogP contribution in [0.1, 0.15) is 11.0 Å². The molecule has 0 radical (unpaired) electrons. The summed E-state index contributed by atoms with van der Waals surface area (Å²) in [4.78, 5) is 0. The first-order chi connectivity index (χ1) is 22.2. The zero-order chi connectivity index (χ0) is 32.0. The number of hydrogen-bond donors (Lipinski definition) is 0. The number of nitrogens with zero attached hydrogens (tertiary/aromatic N) is 1. The van der Waals surface area contributed by atoms with Gasteiger partial charge in [0.2, 0.25) is 0 Å². The van der Waals surface area contributed by atoms with Crippen molar-refractivity contribution in [3.05, 3.63) is 139 Å². The molecule has 0 atom stereocenters. The van der Waals surface area contributed by atoms with Crippen LogP contribution in [0.25, 0.3) is 69.9 Å². The van der Waals surface area contributed by atoms with E-state index >= 15 is 0 Å². The highest BCUT2D eigenvalue weighted by Gasteiger charge is 2.12. The Morgan fingerprint density at radius 2 is 1.00 bits per heavy atom. The number of rotatable bonds is 3. The summed E-state index contributed by atoms with van der Waals surface area (Å²) >= 11 is 1.80. The Morgan fingerprint density at radius 3 is 1.68 bits per heavy atom. The zero-order valence-electron chi connectivity index (χ0n) is 28.0. The second-order valence-electron chi connectivity index (χ2n) is 9.22. The first-order valence-electron chi connectivity index (χ1n) is 16.3. The molecule has 2 heteroatoms. The van der Waals surface area contributed by atoms with Crippen molar-refractivity contribution >= 4 is 53.3 Å². The first kappa shape index (κ1) is 14.9. The van der Waals surface area contributed by atoms with Crippen LogP contribution in [0.5, 0.6) is 0 Å². The predicted octanol–water partition coefficient (Wildman–Crippen LogP) is 10.5. The van der Waals surface area contributed by atoms with Gasteiger partial charge in [0.05, 0.1) is 22.0 Å². The highest BCUT2D eigenvalue weighted by Crippen LogP contribution is 2.37. The van der Waals surface area contributed by atoms with Gasteiger partial charge in [0.25, 0.3) is 0 Å². The van der Waals surface area contributed by atoms with Gasteiger partial charge in [0, 0.05) is 36.6 Å². The second-order valence-corrected chi connectivity index (χ2v) is 10.3. The molecule has 0 saturated heterocycles. The Labute approximate surface area is 236 Å². The molecule has 0 spiro atoms. The maximum Gasteiger partial charge on any atom is 0.0645 e. The van der Waals surface area contributed by atoms with E-state index in [-0.39, 0.29) is 46.0 Å². The van der Waals surface area contributed by atoms with E-state index in [1.807, 2.05) is 12.1 Å². The summed E-state index contributed by atoms with van der Waals surface area (Å²) in [7, 11) is 0. The van der Waals surface area contributed by atoms with Gasteiger partial charge >= 0.3 is 0 Å². The molecular formula is C36H23NS. The lowest BCUT2D eigenvalue weighted by Gasteiger charge is -2.10. The quantitative estimate of drug-likeness (QED) is 0.223. The molecule has 0 aliphatic rings. The van der Waals surface area contributed by atoms with Gasteiger partial charge in [-0.3, -0.25) is 0 Å². The standard InChI is InChI=1S/C36H23NS/c1-4-10-33-29(7-1)30-8-2-5-11-34(30)37(33)28-20-17-25(18-21-28)24-13-15-26(16-14-24)27-19-22-36-32(23-27)31-9-3-6-12-35(31)38-36/h1-23H/i1D,2D,4D,5D,7D,8D,10D,11D. The average molecular weight is 510 g/mol. The van der Waals surface area contributed by atoms with Crippen molar-refractivity contribution in [1.82, 2.24) is 4.57 Å². The normalized spacial score (nSPS) is 14.6. The van der Waals surface area contributed by atoms with E-state index in [1.54, 1.807) is 23.5 Å². The van der Waals surface area contributed by atoms with Crippen LogP contribution in [0, 0.1) is 0 Å². The highest BCUT2D eigenvalue weighted by molar-refractivity contribution is 7.25. The maximum atomic E-state index is 8.71. The summed E-state index contributed by atoms with van der Waals surface area (Å²) in [5, 5.41) is 2.65. The number of hydrogen-bond acceptors (Lipinski definition) is 1. The molecule has 178 valence electrons. The van der Waals surface area contributed by atoms with Crippen molar-refractivity contribution in [2.75, 3.05) is 0 Å². The minimum Gasteiger partial charge on any atom is -0.309 e. The van der Waals surface area contributed by atoms with E-state index < -0.39 is 24.2 Å². The Hall–Kier alpha value is -4.66. The minimum absolute atomic E-state index is 0.0707. The lowest BCUT2D eigenvalue weighted by molar-refractivity contribution is 1.18. The molecule has 8 rings (SSSR count). The molecule has 2 aromatic heterocycles. The van der Waals surface area contributed by atoms with Gasteiger partial charge in [0.15, 0.2) is 0 Å². The SMILES string of the molecule is [2H]c1c([2H])c([2H])c2c(c1[2H])c1c([2H])c([2H])c([2H])c([2H])c1n2-c1ccc(-c2ccc(-c3ccc4sc5ccccc5c4c3)cc2)cc1. The van der Waals surface area contributed by atoms with Crippen molar-refractivity contribution in [3.8, 4) is 27.9 Å². The lowest BCUT2D eigenvalue weighted by Crippen LogP contribution is -1.93. The summed E-state index contributed by atoms with van der Waals surface area (Å²) < 4.78 is 71.8. The van der Waals surface area contributed by atoms with Crippen LogP contribution in [0.15, 0.2) is 139 Å². The Bertz CT molecular complexity index is 2470. The molecule has 0 aliphatic carbocycles. The van der Waals surface area contributed by atoms with Crippen molar-refractivity contribution < 1.29 is 11.0 Å². The van der Waals surface area contributed by atoms with E-state index in [9.17, 15) is 0 Å². The van der Waals surface area contributed by atoms with E-state index in [4.69, 9.17) is 11.0 Å². The number of para-hydroxylation sites is 2. The lowest BCUT2D eigenvalue weighted by atomic mass is 9.99. The summed E-state index contributed by atoms with van der Waals surface area (Å²) in [5.41, 5.74) is 4.90. The Kier molecular flexibility index (Phi) is 3.32. The highest BCUT2D eigenvalue weighted by atomic mass is 32.1. The van der Waals surface area contributed by atoms with Gasteiger partial charge < -0.3 is 4.57 Å². The molecule has 0 bridgehead atoms. The largest absolute Gasteiger partial charge is 0.309 e. The maximum absolute atomic E-state index is 8.71. The third kappa shape index (κ3) is 3.31. The fourth-order valence-electron chi connectivity index (χ4n) is 5.24. The summed E-state index contributed by atoms with van der Waals surface area (Å²) in [6, 6.07) is 27.7. The Balaban J connectivity index is 1.23. The Morgan fingerprint density at radius 1 is 0.474 bits per heavy atom. The molecule has 38 heavy (non-hydrogen) atoms. The number of thiophene rings is 1. The minimum atomic E-state index is -0.452. The number of aromatic nitrogens is 1. The molecule has 8 aromatic rings. The van der Waals surface area contributed by atoms with Crippen LogP contribution in [0.2, 0.25) is 0 Å². The summed E-state index contributed by atoms with van der Waals surface area (Å²) in [6.07, 6.45) is 0. The molecule has 6 aromatic carbocycles. The fourth-order valence-corrected chi connectivity index (χ4v) is 6.33. The van der Waals surface area contributed by atoms with Gasteiger partial charge in [-0.1, -0.05) is 96.9 Å². The number of benzene rings is 6. The molecule has 0 fully saturated rings. The molecule has 0 saturated carbocycles. The fraction of sp³-hybridized carbons (Fsp3) is 0. The summed E-state index contributed by atoms with van der Waals surface area (Å²) in [5.74, 6) is 0. The van der Waals surface area contributed by atoms with E-state index in [0.29, 0.717) is 5.69 Å². The third-order valence-electron chi connectivity index (χ3n) is 7.09. The van der Waals surface area contributed by atoms with Crippen molar-refractivity contribution in [1.29, 1.82) is 0 Å². The van der Waals surface area contributed by atoms with Crippen LogP contribution in [-0.4, -0.2) is 4.57 Å². The van der Waals surface area contributed by atoms with Crippen molar-refractivity contribution in [2.24, 2.45) is 0 Å². The van der Waals surface area contributed by atoms with Gasteiger partial charge in [0.1, 0.15) is 0 Å². The summed E-state index contributed by atoms with van der Waals surface area (Å²) in [6.45, 7) is 0. The van der Waals surface area contributed by atoms with Crippen LogP contribution in [-0.2, 0) is 0 Å². The van der Waals surface area contributed by atoms with Crippen LogP contribution >= 0.6 is 11.3 Å². The monoisotopic (exact) mass is 509 g/mol. The number of fused-ring (bicyclic) bond motifs is 6. The first-order valence-corrected chi connectivity index (χ1v) is 13.1. The average Bonchev–Trinajstić information content (AvgIpc) is 3.64. The molecule has 0 amide bonds. The van der Waals surface area contributed by atoms with Gasteiger partial charge in [-0.2, -0.15) is 0 Å². The van der Waals surface area contributed by atoms with Gasteiger partial charge in [-0.05, 0) is 64.7 Å². The van der Waals surface area contributed by atoms with Crippen molar-refractivity contribution in [2.45, 2.75) is 0 Å². The molecule has 1 nitrogen and oxygen atoms in total. The van der Waals surface area contributed by atoms with E-state index in [1.165, 1.54) is 24.7 Å². The smallest absolute Gasteiger partial charge is 0.0645 e. The van der Waals surface area contributed by atoms with Crippen LogP contribution in [0.4, 0.5) is 0 Å². The second kappa shape index (κ2) is 8.44. The molecule has 0 N–H and O–H groups in total. The van der Waals surface area contributed by atoms with E-state index in [2.05, 4.69) is 66.7 Å². The molecule has 2 heterocycles. The predicted molar refractivity (Wildman–Crippen MR) is 165 cm³/mol. The topological polar surface area (TPSA) is 4.93 Å². The van der Waals surface area contributed by atoms with Gasteiger partial charge in [-0.15, -0.1) is 11.3 Å². The third-order valence-corrected chi connectivity index (χ3v) is 8.24. The van der Waals surface area contributed by atoms with Crippen LogP contribution in [0.3, 0.4) is 0 Å². The molecule has 0 unspecified atom stereocenters. The van der Waals surface area contributed by atoms with Gasteiger partial charge in [-0.25, -0.2) is 0 Å².